The second kappa shape index (κ2) is 7.16. The van der Waals surface area contributed by atoms with Crippen LogP contribution in [0.2, 0.25) is 5.02 Å². The van der Waals surface area contributed by atoms with E-state index in [0.717, 1.165) is 6.42 Å². The van der Waals surface area contributed by atoms with Crippen molar-refractivity contribution in [3.8, 4) is 0 Å². The van der Waals surface area contributed by atoms with Crippen molar-refractivity contribution in [3.63, 3.8) is 0 Å². The lowest BCUT2D eigenvalue weighted by molar-refractivity contribution is -0.126. The van der Waals surface area contributed by atoms with E-state index < -0.39 is 11.2 Å². The van der Waals surface area contributed by atoms with E-state index in [1.54, 1.807) is 26.0 Å². The number of halogens is 2. The molecule has 0 aliphatic carbocycles. The molecule has 1 aliphatic heterocycles. The van der Waals surface area contributed by atoms with Crippen molar-refractivity contribution in [3.05, 3.63) is 34.6 Å². The molecular formula is C17H23ClFNO3. The number of carbonyl (C=O) groups is 1. The first-order valence-electron chi connectivity index (χ1n) is 7.73. The summed E-state index contributed by atoms with van der Waals surface area (Å²) in [6.07, 6.45) is 1.37. The normalized spacial score (nSPS) is 21.4. The highest BCUT2D eigenvalue weighted by atomic mass is 35.5. The van der Waals surface area contributed by atoms with Gasteiger partial charge < -0.3 is 15.2 Å². The van der Waals surface area contributed by atoms with Crippen LogP contribution < -0.4 is 5.32 Å². The maximum Gasteiger partial charge on any atom is 0.230 e. The van der Waals surface area contributed by atoms with Crippen LogP contribution in [0.15, 0.2) is 18.2 Å². The van der Waals surface area contributed by atoms with Crippen molar-refractivity contribution in [2.75, 3.05) is 26.4 Å². The van der Waals surface area contributed by atoms with Crippen LogP contribution in [0.3, 0.4) is 0 Å². The molecule has 0 spiro atoms. The summed E-state index contributed by atoms with van der Waals surface area (Å²) in [6, 6.07) is 4.33. The molecule has 1 atom stereocenters. The van der Waals surface area contributed by atoms with Crippen molar-refractivity contribution in [1.82, 2.24) is 5.32 Å². The number of benzene rings is 1. The van der Waals surface area contributed by atoms with Gasteiger partial charge in [-0.1, -0.05) is 17.7 Å². The van der Waals surface area contributed by atoms with E-state index in [1.807, 2.05) is 0 Å². The van der Waals surface area contributed by atoms with E-state index in [1.165, 1.54) is 6.07 Å². The molecule has 23 heavy (non-hydrogen) atoms. The molecule has 0 bridgehead atoms. The highest BCUT2D eigenvalue weighted by Gasteiger charge is 2.38. The number of carbonyl (C=O) groups excluding carboxylic acids is 1. The predicted molar refractivity (Wildman–Crippen MR) is 87.0 cm³/mol. The van der Waals surface area contributed by atoms with Gasteiger partial charge in [-0.2, -0.15) is 0 Å². The molecule has 1 aromatic carbocycles. The lowest BCUT2D eigenvalue weighted by Gasteiger charge is -2.30. The summed E-state index contributed by atoms with van der Waals surface area (Å²) in [4.78, 5) is 12.6. The van der Waals surface area contributed by atoms with E-state index in [0.29, 0.717) is 36.8 Å². The van der Waals surface area contributed by atoms with Gasteiger partial charge in [0.25, 0.3) is 0 Å². The standard InChI is InChI=1S/C17H23ClFNO3/c1-16(2,13-4-3-12(18)9-14(13)19)15(22)20-10-17(5-7-21)6-8-23-11-17/h3-4,9,21H,5-8,10-11H2,1-2H3,(H,20,22). The first kappa shape index (κ1) is 18.2. The molecule has 4 nitrogen and oxygen atoms in total. The second-order valence-electron chi connectivity index (χ2n) is 6.71. The zero-order valence-corrected chi connectivity index (χ0v) is 14.3. The van der Waals surface area contributed by atoms with Crippen LogP contribution in [-0.4, -0.2) is 37.4 Å². The molecule has 2 rings (SSSR count). The van der Waals surface area contributed by atoms with Gasteiger partial charge in [0.05, 0.1) is 12.0 Å². The van der Waals surface area contributed by atoms with Gasteiger partial charge in [0.2, 0.25) is 5.91 Å². The number of ether oxygens (including phenoxy) is 1. The molecule has 1 aromatic rings. The summed E-state index contributed by atoms with van der Waals surface area (Å²) in [5, 5.41) is 12.4. The maximum absolute atomic E-state index is 14.1. The summed E-state index contributed by atoms with van der Waals surface area (Å²) >= 11 is 5.77. The molecule has 0 radical (unpaired) electrons. The fourth-order valence-corrected chi connectivity index (χ4v) is 3.08. The Balaban J connectivity index is 2.09. The molecule has 1 saturated heterocycles. The average molecular weight is 344 g/mol. The first-order chi connectivity index (χ1) is 10.8. The summed E-state index contributed by atoms with van der Waals surface area (Å²) in [5.74, 6) is -0.755. The molecule has 6 heteroatoms. The van der Waals surface area contributed by atoms with Crippen molar-refractivity contribution in [2.45, 2.75) is 32.1 Å². The quantitative estimate of drug-likeness (QED) is 0.835. The van der Waals surface area contributed by atoms with Crippen molar-refractivity contribution >= 4 is 17.5 Å². The number of rotatable bonds is 6. The number of aliphatic hydroxyl groups excluding tert-OH is 1. The molecule has 0 aromatic heterocycles. The minimum atomic E-state index is -1.02. The van der Waals surface area contributed by atoms with Crippen LogP contribution in [-0.2, 0) is 14.9 Å². The van der Waals surface area contributed by atoms with Gasteiger partial charge in [-0.25, -0.2) is 4.39 Å². The van der Waals surface area contributed by atoms with E-state index in [4.69, 9.17) is 16.3 Å². The Bertz CT molecular complexity index is 571. The van der Waals surface area contributed by atoms with E-state index in [-0.39, 0.29) is 17.9 Å². The van der Waals surface area contributed by atoms with Crippen LogP contribution >= 0.6 is 11.6 Å². The Labute approximate surface area is 141 Å². The molecule has 128 valence electrons. The minimum absolute atomic E-state index is 0.0500. The predicted octanol–water partition coefficient (Wildman–Crippen LogP) is 2.66. The van der Waals surface area contributed by atoms with E-state index >= 15 is 0 Å². The van der Waals surface area contributed by atoms with Crippen LogP contribution in [0.1, 0.15) is 32.3 Å². The van der Waals surface area contributed by atoms with Crippen LogP contribution in [0.25, 0.3) is 0 Å². The summed E-state index contributed by atoms with van der Waals surface area (Å²) in [5.41, 5.74) is -0.952. The highest BCUT2D eigenvalue weighted by molar-refractivity contribution is 6.30. The Morgan fingerprint density at radius 3 is 2.83 bits per heavy atom. The third-order valence-electron chi connectivity index (χ3n) is 4.62. The Kier molecular flexibility index (Phi) is 5.65. The monoisotopic (exact) mass is 343 g/mol. The molecule has 1 amide bonds. The van der Waals surface area contributed by atoms with Crippen molar-refractivity contribution in [2.24, 2.45) is 5.41 Å². The zero-order valence-electron chi connectivity index (χ0n) is 13.5. The number of hydrogen-bond acceptors (Lipinski definition) is 3. The first-order valence-corrected chi connectivity index (χ1v) is 8.11. The summed E-state index contributed by atoms with van der Waals surface area (Å²) in [6.45, 7) is 4.96. The van der Waals surface area contributed by atoms with Gasteiger partial charge in [0, 0.05) is 35.8 Å². The third kappa shape index (κ3) is 4.03. The van der Waals surface area contributed by atoms with Gasteiger partial charge in [-0.3, -0.25) is 4.79 Å². The topological polar surface area (TPSA) is 58.6 Å². The molecular weight excluding hydrogens is 321 g/mol. The third-order valence-corrected chi connectivity index (χ3v) is 4.86. The Morgan fingerprint density at radius 1 is 1.52 bits per heavy atom. The number of amides is 1. The smallest absolute Gasteiger partial charge is 0.230 e. The number of hydrogen-bond donors (Lipinski definition) is 2. The Morgan fingerprint density at radius 2 is 2.26 bits per heavy atom. The number of aliphatic hydroxyl groups is 1. The lowest BCUT2D eigenvalue weighted by Crippen LogP contribution is -2.46. The van der Waals surface area contributed by atoms with Crippen LogP contribution in [0.5, 0.6) is 0 Å². The van der Waals surface area contributed by atoms with Crippen molar-refractivity contribution < 1.29 is 19.0 Å². The van der Waals surface area contributed by atoms with Crippen LogP contribution in [0.4, 0.5) is 4.39 Å². The van der Waals surface area contributed by atoms with Gasteiger partial charge in [0.1, 0.15) is 5.82 Å². The summed E-state index contributed by atoms with van der Waals surface area (Å²) in [7, 11) is 0. The molecule has 1 aliphatic rings. The molecule has 1 fully saturated rings. The van der Waals surface area contributed by atoms with Gasteiger partial charge >= 0.3 is 0 Å². The van der Waals surface area contributed by atoms with Gasteiger partial charge in [-0.15, -0.1) is 0 Å². The largest absolute Gasteiger partial charge is 0.396 e. The van der Waals surface area contributed by atoms with E-state index in [2.05, 4.69) is 5.32 Å². The SMILES string of the molecule is CC(C)(C(=O)NCC1(CCO)CCOC1)c1ccc(Cl)cc1F. The molecule has 0 saturated carbocycles. The zero-order chi connectivity index (χ0) is 17.1. The molecule has 1 unspecified atom stereocenters. The van der Waals surface area contributed by atoms with Crippen molar-refractivity contribution in [1.29, 1.82) is 0 Å². The van der Waals surface area contributed by atoms with Gasteiger partial charge in [0.15, 0.2) is 0 Å². The fraction of sp³-hybridized carbons (Fsp3) is 0.588. The fourth-order valence-electron chi connectivity index (χ4n) is 2.92. The lowest BCUT2D eigenvalue weighted by atomic mass is 9.81. The maximum atomic E-state index is 14.1. The second-order valence-corrected chi connectivity index (χ2v) is 7.14. The number of nitrogens with one attached hydrogen (secondary N) is 1. The molecule has 2 N–H and O–H groups in total. The van der Waals surface area contributed by atoms with Gasteiger partial charge in [-0.05, 0) is 38.8 Å². The van der Waals surface area contributed by atoms with Crippen LogP contribution in [0, 0.1) is 11.2 Å². The Hall–Kier alpha value is -1.17. The molecule has 1 heterocycles. The average Bonchev–Trinajstić information content (AvgIpc) is 2.93. The highest BCUT2D eigenvalue weighted by Crippen LogP contribution is 2.32. The minimum Gasteiger partial charge on any atom is -0.396 e. The van der Waals surface area contributed by atoms with E-state index in [9.17, 15) is 14.3 Å². The summed E-state index contributed by atoms with van der Waals surface area (Å²) < 4.78 is 19.5.